The summed E-state index contributed by atoms with van der Waals surface area (Å²) in [4.78, 5) is 2.48. The smallest absolute Gasteiger partial charge is 0.418 e. The predicted molar refractivity (Wildman–Crippen MR) is 65.5 cm³/mol. The molecule has 0 aliphatic carbocycles. The summed E-state index contributed by atoms with van der Waals surface area (Å²) in [6.45, 7) is 4.67. The van der Waals surface area contributed by atoms with E-state index >= 15 is 0 Å². The molecule has 1 saturated heterocycles. The average molecular weight is 277 g/mol. The van der Waals surface area contributed by atoms with E-state index in [9.17, 15) is 17.3 Å². The van der Waals surface area contributed by atoms with Crippen molar-refractivity contribution in [1.29, 1.82) is 5.39 Å². The Kier molecular flexibility index (Phi) is 7.57. The zero-order valence-electron chi connectivity index (χ0n) is 10.6. The molecule has 1 aliphatic heterocycles. The van der Waals surface area contributed by atoms with Crippen LogP contribution in [0.25, 0.3) is 0 Å². The van der Waals surface area contributed by atoms with Crippen LogP contribution in [0.5, 0.6) is 0 Å². The van der Waals surface area contributed by atoms with Crippen LogP contribution >= 0.6 is 0 Å². The normalized spacial score (nSPS) is 13.9. The maximum Gasteiger partial charge on any atom is 0.673 e. The second-order valence-corrected chi connectivity index (χ2v) is 3.98. The molecule has 1 aromatic rings. The third-order valence-electron chi connectivity index (χ3n) is 2.56. The number of halogens is 4. The van der Waals surface area contributed by atoms with Gasteiger partial charge in [0.25, 0.3) is 0 Å². The Balaban J connectivity index is 0.000000396. The van der Waals surface area contributed by atoms with Gasteiger partial charge in [0, 0.05) is 18.8 Å². The average Bonchev–Trinajstić information content (AvgIpc) is 2.83. The number of aryl methyl sites for hydroxylation is 1. The van der Waals surface area contributed by atoms with E-state index in [0.29, 0.717) is 0 Å². The molecule has 106 valence electrons. The molecule has 0 spiro atoms. The second kappa shape index (κ2) is 8.35. The molecule has 1 aliphatic rings. The third-order valence-corrected chi connectivity index (χ3v) is 2.56. The predicted octanol–water partition coefficient (Wildman–Crippen LogP) is 2.17. The van der Waals surface area contributed by atoms with Crippen molar-refractivity contribution in [1.82, 2.24) is 0 Å². The number of hydrogen-bond donors (Lipinski definition) is 1. The molecule has 0 aromatic heterocycles. The number of diazo groups is 1. The molecule has 1 fully saturated rings. The number of nitrogens with one attached hydrogen (secondary N) is 1. The SMILES string of the molecule is Cc1ccccc1N1CCCC1.F[B-](F)(F)F.N#[NH+]. The number of rotatable bonds is 1. The van der Waals surface area contributed by atoms with Crippen molar-refractivity contribution in [3.05, 3.63) is 29.8 Å². The van der Waals surface area contributed by atoms with Crippen LogP contribution in [0.15, 0.2) is 24.3 Å². The molecule has 0 unspecified atom stereocenters. The van der Waals surface area contributed by atoms with E-state index in [1.54, 1.807) is 0 Å². The number of para-hydroxylation sites is 1. The Morgan fingerprint density at radius 1 is 1.05 bits per heavy atom. The lowest BCUT2D eigenvalue weighted by Crippen LogP contribution is -2.18. The summed E-state index contributed by atoms with van der Waals surface area (Å²) < 4.78 is 39.0. The van der Waals surface area contributed by atoms with Gasteiger partial charge < -0.3 is 22.2 Å². The van der Waals surface area contributed by atoms with Gasteiger partial charge in [-0.3, -0.25) is 0 Å². The Bertz CT molecular complexity index is 383. The number of benzene rings is 1. The molecule has 19 heavy (non-hydrogen) atoms. The van der Waals surface area contributed by atoms with Crippen LogP contribution in [0.3, 0.4) is 0 Å². The number of anilines is 1. The van der Waals surface area contributed by atoms with E-state index < -0.39 is 7.25 Å². The first kappa shape index (κ1) is 17.2. The van der Waals surface area contributed by atoms with Crippen molar-refractivity contribution < 1.29 is 22.7 Å². The van der Waals surface area contributed by atoms with Gasteiger partial charge in [0.05, 0.1) is 5.39 Å². The fraction of sp³-hybridized carbons (Fsp3) is 0.455. The van der Waals surface area contributed by atoms with Crippen molar-refractivity contribution in [2.75, 3.05) is 18.0 Å². The molecule has 0 bridgehead atoms. The summed E-state index contributed by atoms with van der Waals surface area (Å²) in [5.41, 5.74) is 2.83. The van der Waals surface area contributed by atoms with Crippen LogP contribution in [0.1, 0.15) is 18.4 Å². The van der Waals surface area contributed by atoms with E-state index in [2.05, 4.69) is 36.1 Å². The Hall–Kier alpha value is -1.78. The van der Waals surface area contributed by atoms with Crippen LogP contribution in [-0.2, 0) is 0 Å². The first-order valence-corrected chi connectivity index (χ1v) is 5.78. The first-order chi connectivity index (χ1) is 8.88. The standard InChI is InChI=1S/C11H15N.BF4.N2/c1-10-6-2-3-7-11(10)12-8-4-5-9-12;2-1(3,4)5;1-2/h2-3,6-7H,4-5,8-9H2,1H3;;/q;-1;/p+1. The van der Waals surface area contributed by atoms with E-state index in [0.717, 1.165) is 0 Å². The van der Waals surface area contributed by atoms with E-state index in [1.807, 2.05) is 0 Å². The fourth-order valence-electron chi connectivity index (χ4n) is 1.88. The second-order valence-electron chi connectivity index (χ2n) is 3.98. The highest BCUT2D eigenvalue weighted by atomic mass is 19.5. The summed E-state index contributed by atoms with van der Waals surface area (Å²) in [5.74, 6) is 0. The summed E-state index contributed by atoms with van der Waals surface area (Å²) in [6.07, 6.45) is 2.71. The largest absolute Gasteiger partial charge is 0.673 e. The number of nitrogens with zero attached hydrogens (tertiary/aromatic N) is 2. The van der Waals surface area contributed by atoms with Crippen molar-refractivity contribution >= 4 is 12.9 Å². The monoisotopic (exact) mass is 277 g/mol. The molecule has 0 saturated carbocycles. The van der Waals surface area contributed by atoms with Gasteiger partial charge in [0.2, 0.25) is 5.39 Å². The molecule has 2 rings (SSSR count). The Morgan fingerprint density at radius 3 is 1.89 bits per heavy atom. The molecular formula is C11H16BF4N3. The molecule has 8 heteroatoms. The highest BCUT2D eigenvalue weighted by Gasteiger charge is 2.20. The van der Waals surface area contributed by atoms with Gasteiger partial charge in [0.1, 0.15) is 0 Å². The fourth-order valence-corrected chi connectivity index (χ4v) is 1.88. The molecule has 0 atom stereocenters. The van der Waals surface area contributed by atoms with E-state index in [1.165, 1.54) is 37.2 Å². The minimum atomic E-state index is -6.00. The Labute approximate surface area is 109 Å². The quantitative estimate of drug-likeness (QED) is 0.486. The number of hydrogen-bond acceptors (Lipinski definition) is 2. The lowest BCUT2D eigenvalue weighted by molar-refractivity contribution is -0.175. The van der Waals surface area contributed by atoms with Gasteiger partial charge in [-0.15, -0.1) is 0 Å². The summed E-state index contributed by atoms with van der Waals surface area (Å²) >= 11 is 0. The van der Waals surface area contributed by atoms with Crippen LogP contribution in [0, 0.1) is 12.3 Å². The summed E-state index contributed by atoms with van der Waals surface area (Å²) in [7, 11) is -6.00. The topological polar surface area (TPSA) is 50.8 Å². The van der Waals surface area contributed by atoms with Gasteiger partial charge in [0.15, 0.2) is 0 Å². The van der Waals surface area contributed by atoms with Crippen LogP contribution < -0.4 is 10.3 Å². The van der Waals surface area contributed by atoms with Crippen molar-refractivity contribution in [2.24, 2.45) is 0 Å². The zero-order valence-corrected chi connectivity index (χ0v) is 10.6. The lowest BCUT2D eigenvalue weighted by Gasteiger charge is -2.19. The highest BCUT2D eigenvalue weighted by Crippen LogP contribution is 2.23. The van der Waals surface area contributed by atoms with E-state index in [4.69, 9.17) is 10.8 Å². The molecule has 1 heterocycles. The van der Waals surface area contributed by atoms with Crippen LogP contribution in [-0.4, -0.2) is 20.3 Å². The maximum absolute atomic E-state index is 9.75. The Morgan fingerprint density at radius 2 is 1.47 bits per heavy atom. The van der Waals surface area contributed by atoms with Crippen LogP contribution in [0.2, 0.25) is 0 Å². The molecular weight excluding hydrogens is 261 g/mol. The molecule has 1 aromatic carbocycles. The van der Waals surface area contributed by atoms with Gasteiger partial charge in [-0.05, 0) is 31.4 Å². The first-order valence-electron chi connectivity index (χ1n) is 5.78. The minimum Gasteiger partial charge on any atom is -0.418 e. The molecule has 0 radical (unpaired) electrons. The van der Waals surface area contributed by atoms with Gasteiger partial charge in [-0.2, -0.15) is 0 Å². The van der Waals surface area contributed by atoms with Crippen molar-refractivity contribution in [3.8, 4) is 0 Å². The van der Waals surface area contributed by atoms with Crippen molar-refractivity contribution in [3.63, 3.8) is 0 Å². The minimum absolute atomic E-state index is 1.24. The lowest BCUT2D eigenvalue weighted by atomic mass is 10.2. The van der Waals surface area contributed by atoms with Gasteiger partial charge >= 0.3 is 7.25 Å². The molecule has 1 N–H and O–H groups in total. The van der Waals surface area contributed by atoms with E-state index in [-0.39, 0.29) is 0 Å². The van der Waals surface area contributed by atoms with Crippen LogP contribution in [0.4, 0.5) is 23.0 Å². The highest BCUT2D eigenvalue weighted by molar-refractivity contribution is 6.50. The van der Waals surface area contributed by atoms with Crippen molar-refractivity contribution in [2.45, 2.75) is 19.8 Å². The third kappa shape index (κ3) is 8.03. The van der Waals surface area contributed by atoms with Gasteiger partial charge in [-0.25, -0.2) is 0 Å². The van der Waals surface area contributed by atoms with Gasteiger partial charge in [-0.1, -0.05) is 18.2 Å². The summed E-state index contributed by atoms with van der Waals surface area (Å²) in [5, 5.41) is 11.0. The zero-order chi connectivity index (χ0) is 14.9. The molecule has 3 nitrogen and oxygen atoms in total. The molecule has 0 amide bonds. The maximum atomic E-state index is 9.75. The summed E-state index contributed by atoms with van der Waals surface area (Å²) in [6, 6.07) is 8.64.